The molecule has 1 aliphatic rings. The maximum absolute atomic E-state index is 11.2. The first-order valence-corrected chi connectivity index (χ1v) is 7.07. The maximum Gasteiger partial charge on any atom is 0.313 e. The second-order valence-electron chi connectivity index (χ2n) is 4.42. The van der Waals surface area contributed by atoms with Crippen molar-refractivity contribution >= 4 is 28.9 Å². The Morgan fingerprint density at radius 1 is 1.53 bits per heavy atom. The molecular weight excluding hydrogens is 258 g/mol. The zero-order valence-electron chi connectivity index (χ0n) is 9.49. The monoisotopic (exact) mass is 273 g/mol. The van der Waals surface area contributed by atoms with Crippen molar-refractivity contribution in [3.8, 4) is 0 Å². The molecule has 0 amide bonds. The summed E-state index contributed by atoms with van der Waals surface area (Å²) in [7, 11) is 0. The lowest BCUT2D eigenvalue weighted by Gasteiger charge is -2.16. The van der Waals surface area contributed by atoms with Crippen LogP contribution < -0.4 is 5.32 Å². The van der Waals surface area contributed by atoms with Gasteiger partial charge >= 0.3 is 5.97 Å². The molecule has 1 aromatic rings. The third kappa shape index (κ3) is 3.44. The van der Waals surface area contributed by atoms with Crippen LogP contribution in [0.3, 0.4) is 0 Å². The molecule has 0 aromatic carbocycles. The van der Waals surface area contributed by atoms with Gasteiger partial charge in [0.2, 0.25) is 0 Å². The zero-order valence-corrected chi connectivity index (χ0v) is 11.1. The molecule has 1 aromatic heterocycles. The smallest absolute Gasteiger partial charge is 0.313 e. The minimum atomic E-state index is -0.783. The summed E-state index contributed by atoms with van der Waals surface area (Å²) in [5.41, 5.74) is 0. The van der Waals surface area contributed by atoms with E-state index in [2.05, 4.69) is 5.32 Å². The Bertz CT molecular complexity index is 388. The van der Waals surface area contributed by atoms with Crippen LogP contribution in [0.15, 0.2) is 12.1 Å². The van der Waals surface area contributed by atoms with Gasteiger partial charge in [-0.1, -0.05) is 24.4 Å². The molecule has 1 unspecified atom stereocenters. The molecule has 1 fully saturated rings. The lowest BCUT2D eigenvalue weighted by atomic mass is 10.1. The molecule has 2 rings (SSSR count). The Hall–Kier alpha value is -0.580. The first-order chi connectivity index (χ1) is 8.16. The Balaban J connectivity index is 1.95. The number of hydrogen-bond donors (Lipinski definition) is 2. The Kier molecular flexibility index (Phi) is 4.42. The van der Waals surface area contributed by atoms with Gasteiger partial charge in [0.1, 0.15) is 5.92 Å². The van der Waals surface area contributed by atoms with E-state index < -0.39 is 11.9 Å². The molecule has 0 spiro atoms. The second kappa shape index (κ2) is 5.85. The van der Waals surface area contributed by atoms with E-state index in [0.717, 1.165) is 17.7 Å². The van der Waals surface area contributed by atoms with Crippen LogP contribution in [0.2, 0.25) is 4.34 Å². The maximum atomic E-state index is 11.2. The van der Waals surface area contributed by atoms with Gasteiger partial charge in [0, 0.05) is 17.5 Å². The van der Waals surface area contributed by atoms with E-state index in [-0.39, 0.29) is 0 Å². The summed E-state index contributed by atoms with van der Waals surface area (Å²) in [6, 6.07) is 4.06. The predicted octanol–water partition coefficient (Wildman–Crippen LogP) is 3.10. The number of aliphatic carboxylic acids is 1. The molecule has 0 saturated heterocycles. The molecule has 0 radical (unpaired) electrons. The van der Waals surface area contributed by atoms with E-state index >= 15 is 0 Å². The van der Waals surface area contributed by atoms with Crippen LogP contribution in [0.1, 0.15) is 36.5 Å². The minimum Gasteiger partial charge on any atom is -0.481 e. The molecule has 3 nitrogen and oxygen atoms in total. The highest BCUT2D eigenvalue weighted by molar-refractivity contribution is 7.16. The lowest BCUT2D eigenvalue weighted by Crippen LogP contribution is -2.33. The molecule has 1 saturated carbocycles. The summed E-state index contributed by atoms with van der Waals surface area (Å²) in [6.07, 6.45) is 4.83. The normalized spacial score (nSPS) is 18.4. The third-order valence-corrected chi connectivity index (χ3v) is 4.55. The zero-order chi connectivity index (χ0) is 12.3. The van der Waals surface area contributed by atoms with Crippen molar-refractivity contribution in [3.05, 3.63) is 21.3 Å². The lowest BCUT2D eigenvalue weighted by molar-refractivity contribution is -0.138. The van der Waals surface area contributed by atoms with E-state index in [1.165, 1.54) is 24.2 Å². The highest BCUT2D eigenvalue weighted by Crippen LogP contribution is 2.28. The number of nitrogens with one attached hydrogen (secondary N) is 1. The predicted molar refractivity (Wildman–Crippen MR) is 70.0 cm³/mol. The van der Waals surface area contributed by atoms with Gasteiger partial charge in [0.25, 0.3) is 0 Å². The number of rotatable bonds is 5. The quantitative estimate of drug-likeness (QED) is 0.867. The van der Waals surface area contributed by atoms with Crippen molar-refractivity contribution in [2.24, 2.45) is 0 Å². The molecule has 94 valence electrons. The molecule has 2 N–H and O–H groups in total. The van der Waals surface area contributed by atoms with Gasteiger partial charge in [-0.2, -0.15) is 0 Å². The molecule has 0 bridgehead atoms. The molecule has 0 aliphatic heterocycles. The van der Waals surface area contributed by atoms with Gasteiger partial charge in [-0.3, -0.25) is 4.79 Å². The van der Waals surface area contributed by atoms with Crippen LogP contribution in [-0.2, 0) is 4.79 Å². The summed E-state index contributed by atoms with van der Waals surface area (Å²) in [4.78, 5) is 12.1. The van der Waals surface area contributed by atoms with Crippen molar-refractivity contribution < 1.29 is 9.90 Å². The minimum absolute atomic E-state index is 0.479. The van der Waals surface area contributed by atoms with E-state index in [1.807, 2.05) is 6.07 Å². The average Bonchev–Trinajstić information content (AvgIpc) is 2.90. The average molecular weight is 274 g/mol. The Morgan fingerprint density at radius 3 is 2.76 bits per heavy atom. The molecule has 1 aliphatic carbocycles. The summed E-state index contributed by atoms with van der Waals surface area (Å²) < 4.78 is 0.645. The fourth-order valence-electron chi connectivity index (χ4n) is 2.24. The van der Waals surface area contributed by atoms with Crippen LogP contribution in [-0.4, -0.2) is 23.7 Å². The highest BCUT2D eigenvalue weighted by atomic mass is 35.5. The van der Waals surface area contributed by atoms with Crippen molar-refractivity contribution in [1.29, 1.82) is 0 Å². The van der Waals surface area contributed by atoms with Crippen LogP contribution in [0.25, 0.3) is 0 Å². The first kappa shape index (κ1) is 12.9. The van der Waals surface area contributed by atoms with Gasteiger partial charge < -0.3 is 10.4 Å². The van der Waals surface area contributed by atoms with E-state index in [4.69, 9.17) is 11.6 Å². The highest BCUT2D eigenvalue weighted by Gasteiger charge is 2.23. The van der Waals surface area contributed by atoms with Crippen LogP contribution in [0.4, 0.5) is 0 Å². The van der Waals surface area contributed by atoms with Crippen molar-refractivity contribution in [2.45, 2.75) is 37.6 Å². The van der Waals surface area contributed by atoms with Gasteiger partial charge in [-0.05, 0) is 25.0 Å². The number of thiophene rings is 1. The van der Waals surface area contributed by atoms with E-state index in [9.17, 15) is 9.90 Å². The number of hydrogen-bond acceptors (Lipinski definition) is 3. The van der Waals surface area contributed by atoms with E-state index in [1.54, 1.807) is 6.07 Å². The van der Waals surface area contributed by atoms with Gasteiger partial charge in [0.15, 0.2) is 0 Å². The van der Waals surface area contributed by atoms with Gasteiger partial charge in [-0.25, -0.2) is 0 Å². The topological polar surface area (TPSA) is 49.3 Å². The van der Waals surface area contributed by atoms with Crippen molar-refractivity contribution in [2.75, 3.05) is 6.54 Å². The number of halogens is 1. The molecule has 1 heterocycles. The summed E-state index contributed by atoms with van der Waals surface area (Å²) in [6.45, 7) is 0.497. The number of carboxylic acid groups (broad SMARTS) is 1. The van der Waals surface area contributed by atoms with Crippen LogP contribution in [0, 0.1) is 0 Å². The van der Waals surface area contributed by atoms with Crippen LogP contribution in [0.5, 0.6) is 0 Å². The molecule has 17 heavy (non-hydrogen) atoms. The summed E-state index contributed by atoms with van der Waals surface area (Å²) >= 11 is 7.19. The number of carbonyl (C=O) groups is 1. The SMILES string of the molecule is O=C(O)C(CNC1CCCC1)c1ccc(Cl)s1. The fourth-order valence-corrected chi connectivity index (χ4v) is 3.39. The Morgan fingerprint density at radius 2 is 2.24 bits per heavy atom. The second-order valence-corrected chi connectivity index (χ2v) is 6.17. The van der Waals surface area contributed by atoms with Gasteiger partial charge in [-0.15, -0.1) is 11.3 Å². The standard InChI is InChI=1S/C12H16ClNO2S/c13-11-6-5-10(17-11)9(12(15)16)7-14-8-3-1-2-4-8/h5-6,8-9,14H,1-4,7H2,(H,15,16). The molecular formula is C12H16ClNO2S. The van der Waals surface area contributed by atoms with Crippen molar-refractivity contribution in [1.82, 2.24) is 5.32 Å². The van der Waals surface area contributed by atoms with Crippen LogP contribution >= 0.6 is 22.9 Å². The Labute approximate surface area is 110 Å². The molecule has 1 atom stereocenters. The van der Waals surface area contributed by atoms with Crippen molar-refractivity contribution in [3.63, 3.8) is 0 Å². The first-order valence-electron chi connectivity index (χ1n) is 5.88. The summed E-state index contributed by atoms with van der Waals surface area (Å²) in [5.74, 6) is -1.26. The van der Waals surface area contributed by atoms with Gasteiger partial charge in [0.05, 0.1) is 4.34 Å². The number of carboxylic acids is 1. The third-order valence-electron chi connectivity index (χ3n) is 3.20. The molecule has 5 heteroatoms. The largest absolute Gasteiger partial charge is 0.481 e. The summed E-state index contributed by atoms with van der Waals surface area (Å²) in [5, 5.41) is 12.6. The van der Waals surface area contributed by atoms with E-state index in [0.29, 0.717) is 16.9 Å². The fraction of sp³-hybridized carbons (Fsp3) is 0.583.